The van der Waals surface area contributed by atoms with Crippen molar-refractivity contribution >= 4 is 6.03 Å². The standard InChI is InChI=1S/C11H21N3O3/c1-9-11(16,2-7-17-9)8-12-3-5-14-6-4-13-10(14)15/h9,12,16H,2-8H2,1H3,(H,13,15). The van der Waals surface area contributed by atoms with Gasteiger partial charge in [-0.05, 0) is 6.92 Å². The zero-order chi connectivity index (χ0) is 12.3. The van der Waals surface area contributed by atoms with E-state index in [1.54, 1.807) is 4.90 Å². The van der Waals surface area contributed by atoms with Crippen LogP contribution in [-0.2, 0) is 4.74 Å². The Bertz CT molecular complexity index is 287. The molecule has 2 fully saturated rings. The van der Waals surface area contributed by atoms with Gasteiger partial charge in [0.25, 0.3) is 0 Å². The molecule has 2 unspecified atom stereocenters. The summed E-state index contributed by atoms with van der Waals surface area (Å²) >= 11 is 0. The molecule has 0 spiro atoms. The molecule has 2 amide bonds. The molecule has 0 radical (unpaired) electrons. The number of carbonyl (C=O) groups is 1. The molecule has 2 heterocycles. The lowest BCUT2D eigenvalue weighted by atomic mass is 9.97. The number of nitrogens with zero attached hydrogens (tertiary/aromatic N) is 1. The van der Waals surface area contributed by atoms with Crippen molar-refractivity contribution in [2.75, 3.05) is 39.3 Å². The molecule has 0 aromatic rings. The third-order valence-corrected chi connectivity index (χ3v) is 3.59. The first-order valence-electron chi connectivity index (χ1n) is 6.19. The summed E-state index contributed by atoms with van der Waals surface area (Å²) in [5.41, 5.74) is -0.757. The fourth-order valence-corrected chi connectivity index (χ4v) is 2.25. The number of amides is 2. The van der Waals surface area contributed by atoms with Gasteiger partial charge in [-0.25, -0.2) is 4.79 Å². The molecule has 0 saturated carbocycles. The average Bonchev–Trinajstić information content (AvgIpc) is 2.83. The van der Waals surface area contributed by atoms with Gasteiger partial charge in [-0.3, -0.25) is 0 Å². The maximum Gasteiger partial charge on any atom is 0.317 e. The number of rotatable bonds is 5. The van der Waals surface area contributed by atoms with E-state index in [1.807, 2.05) is 6.92 Å². The van der Waals surface area contributed by atoms with E-state index in [-0.39, 0.29) is 12.1 Å². The number of aliphatic hydroxyl groups is 1. The van der Waals surface area contributed by atoms with Crippen LogP contribution in [0.4, 0.5) is 4.79 Å². The minimum atomic E-state index is -0.757. The summed E-state index contributed by atoms with van der Waals surface area (Å²) in [7, 11) is 0. The van der Waals surface area contributed by atoms with E-state index in [9.17, 15) is 9.90 Å². The monoisotopic (exact) mass is 243 g/mol. The predicted octanol–water partition coefficient (Wildman–Crippen LogP) is -0.859. The number of ether oxygens (including phenoxy) is 1. The smallest absolute Gasteiger partial charge is 0.317 e. The van der Waals surface area contributed by atoms with Crippen LogP contribution in [0.3, 0.4) is 0 Å². The molecule has 2 aliphatic rings. The number of hydrogen-bond donors (Lipinski definition) is 3. The largest absolute Gasteiger partial charge is 0.386 e. The molecule has 0 aliphatic carbocycles. The van der Waals surface area contributed by atoms with Gasteiger partial charge in [0.15, 0.2) is 0 Å². The van der Waals surface area contributed by atoms with Crippen molar-refractivity contribution in [3.05, 3.63) is 0 Å². The first kappa shape index (κ1) is 12.6. The van der Waals surface area contributed by atoms with E-state index < -0.39 is 5.60 Å². The van der Waals surface area contributed by atoms with Crippen LogP contribution in [0.15, 0.2) is 0 Å². The molecule has 2 atom stereocenters. The second-order valence-electron chi connectivity index (χ2n) is 4.76. The van der Waals surface area contributed by atoms with Crippen LogP contribution in [0, 0.1) is 0 Å². The van der Waals surface area contributed by atoms with Crippen LogP contribution in [-0.4, -0.2) is 67.1 Å². The molecule has 2 saturated heterocycles. The number of hydrogen-bond acceptors (Lipinski definition) is 4. The normalized spacial score (nSPS) is 33.2. The molecule has 2 rings (SSSR count). The summed E-state index contributed by atoms with van der Waals surface area (Å²) in [6.45, 7) is 5.90. The van der Waals surface area contributed by atoms with Crippen LogP contribution in [0.5, 0.6) is 0 Å². The second-order valence-corrected chi connectivity index (χ2v) is 4.76. The summed E-state index contributed by atoms with van der Waals surface area (Å²) in [6, 6.07) is 0.00285. The van der Waals surface area contributed by atoms with Crippen LogP contribution in [0.25, 0.3) is 0 Å². The maximum absolute atomic E-state index is 11.3. The lowest BCUT2D eigenvalue weighted by Gasteiger charge is -2.26. The maximum atomic E-state index is 11.3. The third kappa shape index (κ3) is 2.88. The lowest BCUT2D eigenvalue weighted by Crippen LogP contribution is -2.47. The third-order valence-electron chi connectivity index (χ3n) is 3.59. The van der Waals surface area contributed by atoms with Crippen LogP contribution >= 0.6 is 0 Å². The zero-order valence-corrected chi connectivity index (χ0v) is 10.2. The van der Waals surface area contributed by atoms with E-state index in [4.69, 9.17) is 4.74 Å². The molecule has 17 heavy (non-hydrogen) atoms. The van der Waals surface area contributed by atoms with Gasteiger partial charge in [0, 0.05) is 45.8 Å². The highest BCUT2D eigenvalue weighted by molar-refractivity contribution is 5.76. The molecule has 0 bridgehead atoms. The van der Waals surface area contributed by atoms with Gasteiger partial charge < -0.3 is 25.4 Å². The minimum absolute atomic E-state index is 0.00285. The van der Waals surface area contributed by atoms with E-state index >= 15 is 0 Å². The fraction of sp³-hybridized carbons (Fsp3) is 0.909. The molecular weight excluding hydrogens is 222 g/mol. The summed E-state index contributed by atoms with van der Waals surface area (Å²) in [6.07, 6.45) is 0.552. The van der Waals surface area contributed by atoms with Crippen molar-refractivity contribution < 1.29 is 14.6 Å². The van der Waals surface area contributed by atoms with Gasteiger partial charge >= 0.3 is 6.03 Å². The van der Waals surface area contributed by atoms with Crippen LogP contribution < -0.4 is 10.6 Å². The van der Waals surface area contributed by atoms with Crippen molar-refractivity contribution in [1.82, 2.24) is 15.5 Å². The summed E-state index contributed by atoms with van der Waals surface area (Å²) in [5, 5.41) is 16.2. The molecule has 3 N–H and O–H groups in total. The van der Waals surface area contributed by atoms with Gasteiger partial charge in [0.2, 0.25) is 0 Å². The van der Waals surface area contributed by atoms with Gasteiger partial charge in [-0.1, -0.05) is 0 Å². The van der Waals surface area contributed by atoms with Crippen LogP contribution in [0.1, 0.15) is 13.3 Å². The van der Waals surface area contributed by atoms with Crippen molar-refractivity contribution in [1.29, 1.82) is 0 Å². The van der Waals surface area contributed by atoms with E-state index in [0.717, 1.165) is 13.1 Å². The van der Waals surface area contributed by atoms with E-state index in [0.29, 0.717) is 32.7 Å². The van der Waals surface area contributed by atoms with Crippen molar-refractivity contribution in [3.8, 4) is 0 Å². The Labute approximate surface area is 101 Å². The van der Waals surface area contributed by atoms with Gasteiger partial charge in [0.05, 0.1) is 6.10 Å². The molecule has 6 nitrogen and oxygen atoms in total. The molecule has 2 aliphatic heterocycles. The van der Waals surface area contributed by atoms with Crippen molar-refractivity contribution in [3.63, 3.8) is 0 Å². The molecule has 0 aromatic carbocycles. The Morgan fingerprint density at radius 1 is 1.71 bits per heavy atom. The molecule has 0 aromatic heterocycles. The number of nitrogens with one attached hydrogen (secondary N) is 2. The number of carbonyl (C=O) groups excluding carboxylic acids is 1. The Kier molecular flexibility index (Phi) is 3.86. The number of urea groups is 1. The Balaban J connectivity index is 1.64. The average molecular weight is 243 g/mol. The van der Waals surface area contributed by atoms with E-state index in [1.165, 1.54) is 0 Å². The first-order valence-corrected chi connectivity index (χ1v) is 6.19. The topological polar surface area (TPSA) is 73.8 Å². The Morgan fingerprint density at radius 3 is 3.12 bits per heavy atom. The second kappa shape index (κ2) is 5.20. The highest BCUT2D eigenvalue weighted by atomic mass is 16.5. The fourth-order valence-electron chi connectivity index (χ4n) is 2.25. The first-order chi connectivity index (χ1) is 8.12. The zero-order valence-electron chi connectivity index (χ0n) is 10.2. The van der Waals surface area contributed by atoms with Crippen molar-refractivity contribution in [2.45, 2.75) is 25.0 Å². The molecular formula is C11H21N3O3. The molecule has 98 valence electrons. The SMILES string of the molecule is CC1OCCC1(O)CNCCN1CCNC1=O. The highest BCUT2D eigenvalue weighted by Crippen LogP contribution is 2.24. The van der Waals surface area contributed by atoms with Gasteiger partial charge in [-0.2, -0.15) is 0 Å². The highest BCUT2D eigenvalue weighted by Gasteiger charge is 2.38. The Hall–Kier alpha value is -0.850. The summed E-state index contributed by atoms with van der Waals surface area (Å²) < 4.78 is 5.35. The minimum Gasteiger partial charge on any atom is -0.386 e. The van der Waals surface area contributed by atoms with Crippen LogP contribution in [0.2, 0.25) is 0 Å². The Morgan fingerprint density at radius 2 is 2.53 bits per heavy atom. The van der Waals surface area contributed by atoms with Gasteiger partial charge in [0.1, 0.15) is 5.60 Å². The van der Waals surface area contributed by atoms with E-state index in [2.05, 4.69) is 10.6 Å². The van der Waals surface area contributed by atoms with Crippen molar-refractivity contribution in [2.24, 2.45) is 0 Å². The lowest BCUT2D eigenvalue weighted by molar-refractivity contribution is -0.0260. The predicted molar refractivity (Wildman–Crippen MR) is 62.8 cm³/mol. The quantitative estimate of drug-likeness (QED) is 0.549. The summed E-state index contributed by atoms with van der Waals surface area (Å²) in [5.74, 6) is 0. The van der Waals surface area contributed by atoms with Gasteiger partial charge in [-0.15, -0.1) is 0 Å². The summed E-state index contributed by atoms with van der Waals surface area (Å²) in [4.78, 5) is 13.0. The molecule has 6 heteroatoms.